The number of aryl methyl sites for hydroxylation is 1. The molecule has 0 saturated carbocycles. The largest absolute Gasteiger partial charge is 0.398 e. The molecule has 0 aliphatic rings. The molecule has 0 bridgehead atoms. The average Bonchev–Trinajstić information content (AvgIpc) is 2.64. The Morgan fingerprint density at radius 3 is 1.94 bits per heavy atom. The van der Waals surface area contributed by atoms with Crippen molar-refractivity contribution in [3.05, 3.63) is 53.6 Å². The van der Waals surface area contributed by atoms with Gasteiger partial charge in [0.2, 0.25) is 0 Å². The van der Waals surface area contributed by atoms with Crippen LogP contribution in [0.25, 0.3) is 10.8 Å². The third-order valence-electron chi connectivity index (χ3n) is 4.57. The van der Waals surface area contributed by atoms with Crippen LogP contribution >= 0.6 is 0 Å². The molecule has 0 aliphatic carbocycles. The van der Waals surface area contributed by atoms with Gasteiger partial charge in [0.1, 0.15) is 9.79 Å². The van der Waals surface area contributed by atoms with Gasteiger partial charge in [-0.15, -0.1) is 0 Å². The molecule has 0 spiro atoms. The zero-order valence-corrected chi connectivity index (χ0v) is 19.0. The van der Waals surface area contributed by atoms with Gasteiger partial charge in [0.25, 0.3) is 36.3 Å². The monoisotopic (exact) mass is 516 g/mol. The maximum Gasteiger partial charge on any atom is 0.295 e. The molecular weight excluding hydrogens is 500 g/mol. The van der Waals surface area contributed by atoms with E-state index in [1.807, 2.05) is 0 Å². The van der Waals surface area contributed by atoms with Crippen molar-refractivity contribution in [3.63, 3.8) is 0 Å². The average molecular weight is 517 g/mol. The highest BCUT2D eigenvalue weighted by atomic mass is 32.2. The van der Waals surface area contributed by atoms with Crippen LogP contribution in [0.3, 0.4) is 0 Å². The molecule has 3 aromatic carbocycles. The molecule has 15 heteroatoms. The molecule has 33 heavy (non-hydrogen) atoms. The van der Waals surface area contributed by atoms with Crippen molar-refractivity contribution in [1.29, 1.82) is 0 Å². The summed E-state index contributed by atoms with van der Waals surface area (Å²) >= 11 is 0. The van der Waals surface area contributed by atoms with Crippen LogP contribution < -0.4 is 11.1 Å². The van der Waals surface area contributed by atoms with Gasteiger partial charge in [-0.1, -0.05) is 6.07 Å². The second-order valence-corrected chi connectivity index (χ2v) is 11.1. The molecule has 176 valence electrons. The zero-order chi connectivity index (χ0) is 24.9. The van der Waals surface area contributed by atoms with E-state index < -0.39 is 61.7 Å². The molecule has 12 nitrogen and oxygen atoms in total. The van der Waals surface area contributed by atoms with Gasteiger partial charge in [0, 0.05) is 16.5 Å². The summed E-state index contributed by atoms with van der Waals surface area (Å²) in [6, 6.07) is 7.09. The van der Waals surface area contributed by atoms with Crippen LogP contribution in [0.4, 0.5) is 11.4 Å². The molecule has 6 N–H and O–H groups in total. The minimum atomic E-state index is -5.24. The Morgan fingerprint density at radius 1 is 0.818 bits per heavy atom. The molecule has 0 aromatic heterocycles. The van der Waals surface area contributed by atoms with E-state index >= 15 is 0 Å². The summed E-state index contributed by atoms with van der Waals surface area (Å²) in [4.78, 5) is 9.58. The van der Waals surface area contributed by atoms with E-state index in [0.717, 1.165) is 17.7 Å². The van der Waals surface area contributed by atoms with Crippen molar-refractivity contribution in [2.24, 2.45) is 0 Å². The van der Waals surface area contributed by atoms with E-state index in [0.29, 0.717) is 12.1 Å². The Hall–Kier alpha value is -3.08. The lowest BCUT2D eigenvalue weighted by molar-refractivity contribution is 0.102. The highest BCUT2D eigenvalue weighted by Crippen LogP contribution is 2.37. The number of carbonyl (C=O) groups is 1. The maximum atomic E-state index is 12.8. The molecule has 0 fully saturated rings. The molecule has 0 saturated heterocycles. The van der Waals surface area contributed by atoms with Crippen LogP contribution in [0.2, 0.25) is 0 Å². The third kappa shape index (κ3) is 4.97. The fraction of sp³-hybridized carbons (Fsp3) is 0.0556. The second kappa shape index (κ2) is 8.05. The third-order valence-corrected chi connectivity index (χ3v) is 7.19. The maximum absolute atomic E-state index is 12.8. The van der Waals surface area contributed by atoms with Crippen molar-refractivity contribution < 1.29 is 43.7 Å². The van der Waals surface area contributed by atoms with Gasteiger partial charge < -0.3 is 11.1 Å². The van der Waals surface area contributed by atoms with E-state index in [1.165, 1.54) is 12.1 Å². The van der Waals surface area contributed by atoms with Gasteiger partial charge in [0.15, 0.2) is 0 Å². The van der Waals surface area contributed by atoms with Crippen LogP contribution in [-0.4, -0.2) is 44.8 Å². The predicted octanol–water partition coefficient (Wildman–Crippen LogP) is 1.72. The first-order chi connectivity index (χ1) is 15.0. The van der Waals surface area contributed by atoms with Crippen molar-refractivity contribution in [2.75, 3.05) is 11.1 Å². The fourth-order valence-electron chi connectivity index (χ4n) is 3.15. The number of carbonyl (C=O) groups excluding carboxylic acids is 1. The Kier molecular flexibility index (Phi) is 5.99. The van der Waals surface area contributed by atoms with Crippen molar-refractivity contribution in [2.45, 2.75) is 21.6 Å². The van der Waals surface area contributed by atoms with Crippen LogP contribution in [-0.2, 0) is 30.4 Å². The second-order valence-electron chi connectivity index (χ2n) is 6.93. The zero-order valence-electron chi connectivity index (χ0n) is 16.5. The van der Waals surface area contributed by atoms with E-state index in [1.54, 1.807) is 13.0 Å². The topological polar surface area (TPSA) is 218 Å². The van der Waals surface area contributed by atoms with Gasteiger partial charge in [-0.05, 0) is 48.9 Å². The van der Waals surface area contributed by atoms with Gasteiger partial charge in [-0.2, -0.15) is 25.3 Å². The SMILES string of the molecule is Cc1ccc(C(=O)Nc2ccc(S(=O)(=O)O)c3cc(S(=O)(=O)O)cc(S(=O)(=O)O)c23)c(N)c1. The van der Waals surface area contributed by atoms with Crippen molar-refractivity contribution >= 4 is 58.4 Å². The van der Waals surface area contributed by atoms with E-state index in [2.05, 4.69) is 5.32 Å². The number of nitrogens with two attached hydrogens (primary N) is 1. The highest BCUT2D eigenvalue weighted by Gasteiger charge is 2.27. The first kappa shape index (κ1) is 24.6. The summed E-state index contributed by atoms with van der Waals surface area (Å²) in [6.45, 7) is 1.73. The Bertz CT molecular complexity index is 1640. The Morgan fingerprint density at radius 2 is 1.42 bits per heavy atom. The molecule has 0 aliphatic heterocycles. The number of fused-ring (bicyclic) bond motifs is 1. The molecule has 3 aromatic rings. The first-order valence-electron chi connectivity index (χ1n) is 8.71. The lowest BCUT2D eigenvalue weighted by Gasteiger charge is -2.15. The summed E-state index contributed by atoms with van der Waals surface area (Å²) in [5, 5.41) is 0.975. The van der Waals surface area contributed by atoms with E-state index in [-0.39, 0.29) is 16.9 Å². The molecule has 3 rings (SSSR count). The Balaban J connectivity index is 2.41. The number of nitrogen functional groups attached to an aromatic ring is 1. The quantitative estimate of drug-likeness (QED) is 0.243. The molecule has 0 atom stereocenters. The van der Waals surface area contributed by atoms with Crippen LogP contribution in [0.5, 0.6) is 0 Å². The standard InChI is InChI=1S/C18H16N2O10S3/c1-9-2-3-11(13(19)6-9)18(21)20-14-4-5-15(32(25,26)27)12-7-10(31(22,23)24)8-16(17(12)14)33(28,29)30/h2-8H,19H2,1H3,(H,20,21)(H,22,23,24)(H,25,26,27)(H,28,29,30). The number of amides is 1. The first-order valence-corrected chi connectivity index (χ1v) is 13.0. The molecule has 0 heterocycles. The molecule has 1 amide bonds. The normalized spacial score (nSPS) is 12.6. The number of nitrogens with one attached hydrogen (secondary N) is 1. The lowest BCUT2D eigenvalue weighted by Crippen LogP contribution is -2.16. The van der Waals surface area contributed by atoms with E-state index in [4.69, 9.17) is 5.73 Å². The summed E-state index contributed by atoms with van der Waals surface area (Å²) in [5.41, 5.74) is 6.28. The van der Waals surface area contributed by atoms with Gasteiger partial charge >= 0.3 is 0 Å². The minimum Gasteiger partial charge on any atom is -0.398 e. The van der Waals surface area contributed by atoms with Gasteiger partial charge in [-0.25, -0.2) is 0 Å². The number of hydrogen-bond acceptors (Lipinski definition) is 8. The van der Waals surface area contributed by atoms with Crippen LogP contribution in [0.15, 0.2) is 57.2 Å². The summed E-state index contributed by atoms with van der Waals surface area (Å²) in [5.74, 6) is -0.839. The highest BCUT2D eigenvalue weighted by molar-refractivity contribution is 7.87. The number of hydrogen-bond donors (Lipinski definition) is 5. The van der Waals surface area contributed by atoms with E-state index in [9.17, 15) is 43.7 Å². The summed E-state index contributed by atoms with van der Waals surface area (Å²) < 4.78 is 99.5. The summed E-state index contributed by atoms with van der Waals surface area (Å²) in [6.07, 6.45) is 0. The minimum absolute atomic E-state index is 0.0180. The number of benzene rings is 3. The smallest absolute Gasteiger partial charge is 0.295 e. The molecule has 0 radical (unpaired) electrons. The number of anilines is 2. The van der Waals surface area contributed by atoms with Crippen molar-refractivity contribution in [1.82, 2.24) is 0 Å². The van der Waals surface area contributed by atoms with Crippen molar-refractivity contribution in [3.8, 4) is 0 Å². The van der Waals surface area contributed by atoms with Gasteiger partial charge in [-0.3, -0.25) is 18.5 Å². The van der Waals surface area contributed by atoms with Gasteiger partial charge in [0.05, 0.1) is 16.1 Å². The lowest BCUT2D eigenvalue weighted by atomic mass is 10.1. The fourth-order valence-corrected chi connectivity index (χ4v) is 5.20. The van der Waals surface area contributed by atoms with Crippen LogP contribution in [0, 0.1) is 6.92 Å². The number of rotatable bonds is 5. The van der Waals surface area contributed by atoms with Crippen LogP contribution in [0.1, 0.15) is 15.9 Å². The Labute approximate surface area is 188 Å². The molecule has 0 unspecified atom stereocenters. The molecular formula is C18H16N2O10S3. The summed E-state index contributed by atoms with van der Waals surface area (Å²) in [7, 11) is -15.4. The predicted molar refractivity (Wildman–Crippen MR) is 117 cm³/mol.